The van der Waals surface area contributed by atoms with Gasteiger partial charge in [0.2, 0.25) is 5.91 Å². The van der Waals surface area contributed by atoms with E-state index in [4.69, 9.17) is 9.47 Å². The molecule has 0 aromatic heterocycles. The third kappa shape index (κ3) is 5.74. The second-order valence-electron chi connectivity index (χ2n) is 7.16. The fraction of sp³-hybridized carbons (Fsp3) is 0.333. The molecule has 0 saturated carbocycles. The lowest BCUT2D eigenvalue weighted by molar-refractivity contribution is -0.115. The van der Waals surface area contributed by atoms with E-state index in [-0.39, 0.29) is 23.8 Å². The average Bonchev–Trinajstić information content (AvgIpc) is 2.65. The van der Waals surface area contributed by atoms with Crippen LogP contribution < -0.4 is 20.1 Å². The summed E-state index contributed by atoms with van der Waals surface area (Å²) in [6.45, 7) is 6.25. The predicted octanol–water partition coefficient (Wildman–Crippen LogP) is 3.37. The molecular weight excluding hydrogens is 344 g/mol. The molecule has 6 heteroatoms. The molecule has 2 N–H and O–H groups in total. The van der Waals surface area contributed by atoms with Gasteiger partial charge in [-0.15, -0.1) is 0 Å². The number of hydrogen-bond acceptors (Lipinski definition) is 4. The van der Waals surface area contributed by atoms with Crippen molar-refractivity contribution in [2.45, 2.75) is 26.2 Å². The zero-order valence-electron chi connectivity index (χ0n) is 16.4. The molecule has 2 rings (SSSR count). The molecule has 0 unspecified atom stereocenters. The minimum Gasteiger partial charge on any atom is -0.497 e. The van der Waals surface area contributed by atoms with Gasteiger partial charge in [-0.2, -0.15) is 0 Å². The first-order chi connectivity index (χ1) is 12.7. The summed E-state index contributed by atoms with van der Waals surface area (Å²) in [7, 11) is 3.02. The van der Waals surface area contributed by atoms with E-state index in [0.29, 0.717) is 22.7 Å². The molecule has 0 radical (unpaired) electrons. The Kier molecular flexibility index (Phi) is 6.45. The van der Waals surface area contributed by atoms with Gasteiger partial charge in [0.15, 0.2) is 0 Å². The summed E-state index contributed by atoms with van der Waals surface area (Å²) in [5, 5.41) is 5.36. The smallest absolute Gasteiger partial charge is 0.251 e. The highest BCUT2D eigenvalue weighted by Gasteiger charge is 2.14. The summed E-state index contributed by atoms with van der Waals surface area (Å²) >= 11 is 0. The Hall–Kier alpha value is -3.02. The van der Waals surface area contributed by atoms with E-state index in [9.17, 15) is 9.59 Å². The van der Waals surface area contributed by atoms with Crippen molar-refractivity contribution >= 4 is 17.5 Å². The van der Waals surface area contributed by atoms with E-state index in [1.165, 1.54) is 19.8 Å². The van der Waals surface area contributed by atoms with E-state index in [0.717, 1.165) is 0 Å². The molecule has 0 heterocycles. The van der Waals surface area contributed by atoms with E-state index in [1.807, 2.05) is 24.3 Å². The van der Waals surface area contributed by atoms with Gasteiger partial charge in [0.05, 0.1) is 20.8 Å². The van der Waals surface area contributed by atoms with Crippen LogP contribution in [0, 0.1) is 0 Å². The lowest BCUT2D eigenvalue weighted by Gasteiger charge is -2.19. The van der Waals surface area contributed by atoms with Gasteiger partial charge in [0, 0.05) is 17.3 Å². The minimum atomic E-state index is -0.384. The Morgan fingerprint density at radius 3 is 1.96 bits per heavy atom. The van der Waals surface area contributed by atoms with Crippen molar-refractivity contribution in [3.05, 3.63) is 53.6 Å². The third-order valence-electron chi connectivity index (χ3n) is 4.06. The van der Waals surface area contributed by atoms with Gasteiger partial charge in [0.25, 0.3) is 5.91 Å². The molecule has 0 bridgehead atoms. The lowest BCUT2D eigenvalue weighted by atomic mass is 9.87. The van der Waals surface area contributed by atoms with Crippen LogP contribution in [0.2, 0.25) is 0 Å². The molecule has 2 amide bonds. The summed E-state index contributed by atoms with van der Waals surface area (Å²) in [5.74, 6) is 0.318. The lowest BCUT2D eigenvalue weighted by Crippen LogP contribution is -2.32. The van der Waals surface area contributed by atoms with Crippen LogP contribution in [0.25, 0.3) is 0 Å². The number of carbonyl (C=O) groups is 2. The van der Waals surface area contributed by atoms with Crippen LogP contribution in [0.1, 0.15) is 36.7 Å². The van der Waals surface area contributed by atoms with Gasteiger partial charge in [0.1, 0.15) is 11.5 Å². The molecule has 0 fully saturated rings. The standard InChI is InChI=1S/C21H26N2O4/c1-21(2,3)15-6-8-16(9-7-15)23-19(24)13-22-20(25)14-10-17(26-4)12-18(11-14)27-5/h6-12H,13H2,1-5H3,(H,22,25)(H,23,24). The number of hydrogen-bond donors (Lipinski definition) is 2. The van der Waals surface area contributed by atoms with Gasteiger partial charge in [-0.3, -0.25) is 9.59 Å². The predicted molar refractivity (Wildman–Crippen MR) is 106 cm³/mol. The maximum Gasteiger partial charge on any atom is 0.251 e. The highest BCUT2D eigenvalue weighted by molar-refractivity contribution is 5.99. The normalized spacial score (nSPS) is 10.9. The number of ether oxygens (including phenoxy) is 2. The average molecular weight is 370 g/mol. The number of carbonyl (C=O) groups excluding carboxylic acids is 2. The maximum absolute atomic E-state index is 12.3. The largest absolute Gasteiger partial charge is 0.497 e. The van der Waals surface area contributed by atoms with Crippen LogP contribution in [0.5, 0.6) is 11.5 Å². The van der Waals surface area contributed by atoms with Gasteiger partial charge in [-0.25, -0.2) is 0 Å². The summed E-state index contributed by atoms with van der Waals surface area (Å²) in [4.78, 5) is 24.4. The maximum atomic E-state index is 12.3. The fourth-order valence-corrected chi connectivity index (χ4v) is 2.46. The fourth-order valence-electron chi connectivity index (χ4n) is 2.46. The second kappa shape index (κ2) is 8.58. The Morgan fingerprint density at radius 1 is 0.926 bits per heavy atom. The van der Waals surface area contributed by atoms with Crippen molar-refractivity contribution in [2.24, 2.45) is 0 Å². The van der Waals surface area contributed by atoms with Gasteiger partial charge >= 0.3 is 0 Å². The zero-order chi connectivity index (χ0) is 20.0. The first-order valence-electron chi connectivity index (χ1n) is 8.64. The van der Waals surface area contributed by atoms with Crippen LogP contribution in [0.4, 0.5) is 5.69 Å². The first-order valence-corrected chi connectivity index (χ1v) is 8.64. The molecule has 144 valence electrons. The van der Waals surface area contributed by atoms with Crippen LogP contribution in [0.15, 0.2) is 42.5 Å². The van der Waals surface area contributed by atoms with Crippen LogP contribution in [-0.4, -0.2) is 32.6 Å². The van der Waals surface area contributed by atoms with Crippen LogP contribution >= 0.6 is 0 Å². The molecule has 0 atom stereocenters. The number of methoxy groups -OCH3 is 2. The van der Waals surface area contributed by atoms with E-state index in [2.05, 4.69) is 31.4 Å². The number of nitrogens with one attached hydrogen (secondary N) is 2. The van der Waals surface area contributed by atoms with Gasteiger partial charge in [-0.1, -0.05) is 32.9 Å². The summed E-state index contributed by atoms with van der Waals surface area (Å²) in [6, 6.07) is 12.5. The Balaban J connectivity index is 1.94. The van der Waals surface area contributed by atoms with Crippen molar-refractivity contribution in [1.82, 2.24) is 5.32 Å². The van der Waals surface area contributed by atoms with Crippen LogP contribution in [-0.2, 0) is 10.2 Å². The number of benzene rings is 2. The second-order valence-corrected chi connectivity index (χ2v) is 7.16. The first kappa shape index (κ1) is 20.3. The Morgan fingerprint density at radius 2 is 1.48 bits per heavy atom. The van der Waals surface area contributed by atoms with Crippen LogP contribution in [0.3, 0.4) is 0 Å². The Bertz CT molecular complexity index is 786. The highest BCUT2D eigenvalue weighted by Crippen LogP contribution is 2.24. The van der Waals surface area contributed by atoms with Gasteiger partial charge in [-0.05, 0) is 35.2 Å². The molecule has 0 aliphatic carbocycles. The van der Waals surface area contributed by atoms with E-state index < -0.39 is 0 Å². The summed E-state index contributed by atoms with van der Waals surface area (Å²) < 4.78 is 10.3. The van der Waals surface area contributed by atoms with Crippen molar-refractivity contribution in [1.29, 1.82) is 0 Å². The van der Waals surface area contributed by atoms with Crippen molar-refractivity contribution < 1.29 is 19.1 Å². The highest BCUT2D eigenvalue weighted by atomic mass is 16.5. The molecule has 0 aliphatic rings. The topological polar surface area (TPSA) is 76.7 Å². The molecule has 2 aromatic rings. The quantitative estimate of drug-likeness (QED) is 0.817. The Labute approximate surface area is 159 Å². The van der Waals surface area contributed by atoms with E-state index in [1.54, 1.807) is 18.2 Å². The van der Waals surface area contributed by atoms with E-state index >= 15 is 0 Å². The van der Waals surface area contributed by atoms with Gasteiger partial charge < -0.3 is 20.1 Å². The number of rotatable bonds is 6. The minimum absolute atomic E-state index is 0.0499. The summed E-state index contributed by atoms with van der Waals surface area (Å²) in [5.41, 5.74) is 2.27. The number of amides is 2. The molecule has 27 heavy (non-hydrogen) atoms. The molecular formula is C21H26N2O4. The van der Waals surface area contributed by atoms with Crippen molar-refractivity contribution in [3.63, 3.8) is 0 Å². The molecule has 6 nitrogen and oxygen atoms in total. The molecule has 0 aliphatic heterocycles. The molecule has 2 aromatic carbocycles. The summed E-state index contributed by atoms with van der Waals surface area (Å²) in [6.07, 6.45) is 0. The van der Waals surface area contributed by atoms with Crippen molar-refractivity contribution in [3.8, 4) is 11.5 Å². The third-order valence-corrected chi connectivity index (χ3v) is 4.06. The zero-order valence-corrected chi connectivity index (χ0v) is 16.4. The monoisotopic (exact) mass is 370 g/mol. The van der Waals surface area contributed by atoms with Crippen molar-refractivity contribution in [2.75, 3.05) is 26.1 Å². The molecule has 0 spiro atoms. The SMILES string of the molecule is COc1cc(OC)cc(C(=O)NCC(=O)Nc2ccc(C(C)(C)C)cc2)c1. The molecule has 0 saturated heterocycles. The number of anilines is 1.